The molecule has 2 aromatic rings. The van der Waals surface area contributed by atoms with Crippen LogP contribution in [0.25, 0.3) is 17.0 Å². The summed E-state index contributed by atoms with van der Waals surface area (Å²) in [5, 5.41) is 8.55. The van der Waals surface area contributed by atoms with E-state index in [-0.39, 0.29) is 0 Å². The third-order valence-electron chi connectivity index (χ3n) is 2.89. The summed E-state index contributed by atoms with van der Waals surface area (Å²) in [6.07, 6.45) is 7.63. The van der Waals surface area contributed by atoms with E-state index in [9.17, 15) is 0 Å². The van der Waals surface area contributed by atoms with Crippen molar-refractivity contribution in [3.63, 3.8) is 0 Å². The van der Waals surface area contributed by atoms with Gasteiger partial charge < -0.3 is 4.57 Å². The molecule has 0 aliphatic rings. The first-order valence-corrected chi connectivity index (χ1v) is 6.18. The van der Waals surface area contributed by atoms with Gasteiger partial charge in [-0.05, 0) is 6.92 Å². The van der Waals surface area contributed by atoms with Gasteiger partial charge in [-0.1, -0.05) is 61.2 Å². The van der Waals surface area contributed by atoms with Gasteiger partial charge in [0.25, 0.3) is 0 Å². The lowest BCUT2D eigenvalue weighted by Gasteiger charge is -2.04. The van der Waals surface area contributed by atoms with Gasteiger partial charge in [-0.15, -0.1) is 10.2 Å². The lowest BCUT2D eigenvalue weighted by atomic mass is 10.2. The molecule has 1 aromatic carbocycles. The van der Waals surface area contributed by atoms with Crippen molar-refractivity contribution in [3.8, 4) is 11.4 Å². The van der Waals surface area contributed by atoms with Crippen LogP contribution >= 0.6 is 0 Å². The zero-order chi connectivity index (χ0) is 13.7. The van der Waals surface area contributed by atoms with Crippen LogP contribution in [0.4, 0.5) is 0 Å². The molecule has 3 heteroatoms. The Morgan fingerprint density at radius 3 is 2.58 bits per heavy atom. The van der Waals surface area contributed by atoms with E-state index in [1.807, 2.05) is 67.1 Å². The molecule has 1 aromatic heterocycles. The number of rotatable bonds is 4. The zero-order valence-corrected chi connectivity index (χ0v) is 11.2. The second kappa shape index (κ2) is 5.96. The molecule has 0 fully saturated rings. The van der Waals surface area contributed by atoms with Crippen LogP contribution in [0.5, 0.6) is 0 Å². The van der Waals surface area contributed by atoms with Gasteiger partial charge in [0.15, 0.2) is 11.6 Å². The lowest BCUT2D eigenvalue weighted by molar-refractivity contribution is 0.899. The van der Waals surface area contributed by atoms with E-state index in [0.29, 0.717) is 0 Å². The fourth-order valence-corrected chi connectivity index (χ4v) is 1.89. The van der Waals surface area contributed by atoms with Crippen LogP contribution in [-0.4, -0.2) is 14.8 Å². The largest absolute Gasteiger partial charge is 0.310 e. The molecule has 3 nitrogen and oxygen atoms in total. The van der Waals surface area contributed by atoms with Crippen molar-refractivity contribution in [3.05, 3.63) is 67.0 Å². The Morgan fingerprint density at radius 1 is 1.21 bits per heavy atom. The summed E-state index contributed by atoms with van der Waals surface area (Å²) in [5.41, 5.74) is 2.09. The molecule has 0 aliphatic carbocycles. The minimum atomic E-state index is 0.847. The van der Waals surface area contributed by atoms with E-state index in [4.69, 9.17) is 0 Å². The van der Waals surface area contributed by atoms with Crippen LogP contribution in [0.15, 0.2) is 61.2 Å². The molecule has 0 unspecified atom stereocenters. The second-order valence-corrected chi connectivity index (χ2v) is 4.11. The number of nitrogens with zero attached hydrogens (tertiary/aromatic N) is 3. The number of hydrogen-bond donors (Lipinski definition) is 0. The summed E-state index contributed by atoms with van der Waals surface area (Å²) in [6.45, 7) is 5.66. The fourth-order valence-electron chi connectivity index (χ4n) is 1.89. The first-order chi connectivity index (χ1) is 9.27. The predicted molar refractivity (Wildman–Crippen MR) is 79.4 cm³/mol. The van der Waals surface area contributed by atoms with Gasteiger partial charge in [0.05, 0.1) is 0 Å². The summed E-state index contributed by atoms with van der Waals surface area (Å²) in [6, 6.07) is 10.0. The van der Waals surface area contributed by atoms with Crippen molar-refractivity contribution in [2.75, 3.05) is 0 Å². The summed E-state index contributed by atoms with van der Waals surface area (Å²) in [4.78, 5) is 0. The number of allylic oxidation sites excluding steroid dienone is 5. The summed E-state index contributed by atoms with van der Waals surface area (Å²) in [5.74, 6) is 1.71. The molecule has 0 atom stereocenters. The normalized spacial score (nSPS) is 12.0. The average molecular weight is 251 g/mol. The monoisotopic (exact) mass is 251 g/mol. The van der Waals surface area contributed by atoms with E-state index < -0.39 is 0 Å². The molecule has 0 saturated carbocycles. The Labute approximate surface area is 113 Å². The van der Waals surface area contributed by atoms with Crippen LogP contribution < -0.4 is 0 Å². The first-order valence-electron chi connectivity index (χ1n) is 6.18. The highest BCUT2D eigenvalue weighted by atomic mass is 15.3. The maximum absolute atomic E-state index is 4.28. The standard InChI is InChI=1S/C16H17N3/c1-4-6-10-13(5-2)15-17-18-16(19(15)3)14-11-8-7-9-12-14/h4-12H,1H2,2-3H3/b10-6-,13-5+. The van der Waals surface area contributed by atoms with E-state index in [1.54, 1.807) is 6.08 Å². The third-order valence-corrected chi connectivity index (χ3v) is 2.89. The van der Waals surface area contributed by atoms with Crippen molar-refractivity contribution < 1.29 is 0 Å². The van der Waals surface area contributed by atoms with Gasteiger partial charge in [0, 0.05) is 18.2 Å². The first kappa shape index (κ1) is 13.0. The van der Waals surface area contributed by atoms with Crippen molar-refractivity contribution in [2.45, 2.75) is 6.92 Å². The van der Waals surface area contributed by atoms with Crippen molar-refractivity contribution in [1.29, 1.82) is 0 Å². The summed E-state index contributed by atoms with van der Waals surface area (Å²) >= 11 is 0. The molecule has 0 saturated heterocycles. The molecule has 0 bridgehead atoms. The smallest absolute Gasteiger partial charge is 0.163 e. The molecule has 0 N–H and O–H groups in total. The molecule has 0 spiro atoms. The Bertz CT molecular complexity index is 619. The third kappa shape index (κ3) is 2.71. The zero-order valence-electron chi connectivity index (χ0n) is 11.2. The van der Waals surface area contributed by atoms with Gasteiger partial charge in [0.1, 0.15) is 0 Å². The maximum Gasteiger partial charge on any atom is 0.163 e. The molecular formula is C16H17N3. The van der Waals surface area contributed by atoms with Gasteiger partial charge in [-0.3, -0.25) is 0 Å². The fraction of sp³-hybridized carbons (Fsp3) is 0.125. The Kier molecular flexibility index (Phi) is 4.08. The van der Waals surface area contributed by atoms with Crippen LogP contribution in [-0.2, 0) is 7.05 Å². The Hall–Kier alpha value is -2.42. The SMILES string of the molecule is C=C/C=C\C(=C/C)c1nnc(-c2ccccc2)n1C. The highest BCUT2D eigenvalue weighted by Gasteiger charge is 2.11. The van der Waals surface area contributed by atoms with E-state index in [0.717, 1.165) is 22.8 Å². The quantitative estimate of drug-likeness (QED) is 0.777. The molecular weight excluding hydrogens is 234 g/mol. The second-order valence-electron chi connectivity index (χ2n) is 4.11. The van der Waals surface area contributed by atoms with Crippen molar-refractivity contribution in [2.24, 2.45) is 7.05 Å². The highest BCUT2D eigenvalue weighted by Crippen LogP contribution is 2.21. The topological polar surface area (TPSA) is 30.7 Å². The highest BCUT2D eigenvalue weighted by molar-refractivity contribution is 5.71. The van der Waals surface area contributed by atoms with Crippen LogP contribution in [0.1, 0.15) is 12.7 Å². The minimum absolute atomic E-state index is 0.847. The van der Waals surface area contributed by atoms with E-state index in [2.05, 4.69) is 16.8 Å². The molecule has 0 amide bonds. The predicted octanol–water partition coefficient (Wildman–Crippen LogP) is 3.63. The Morgan fingerprint density at radius 2 is 1.95 bits per heavy atom. The van der Waals surface area contributed by atoms with Crippen molar-refractivity contribution >= 4 is 5.57 Å². The van der Waals surface area contributed by atoms with Crippen LogP contribution in [0.3, 0.4) is 0 Å². The average Bonchev–Trinajstić information content (AvgIpc) is 2.83. The summed E-state index contributed by atoms with van der Waals surface area (Å²) < 4.78 is 2.00. The van der Waals surface area contributed by atoms with Gasteiger partial charge in [-0.25, -0.2) is 0 Å². The van der Waals surface area contributed by atoms with E-state index >= 15 is 0 Å². The number of aromatic nitrogens is 3. The van der Waals surface area contributed by atoms with Crippen LogP contribution in [0, 0.1) is 0 Å². The van der Waals surface area contributed by atoms with Gasteiger partial charge in [-0.2, -0.15) is 0 Å². The minimum Gasteiger partial charge on any atom is -0.310 e. The molecule has 1 heterocycles. The molecule has 0 radical (unpaired) electrons. The summed E-state index contributed by atoms with van der Waals surface area (Å²) in [7, 11) is 1.98. The molecule has 2 rings (SSSR count). The number of benzene rings is 1. The number of hydrogen-bond acceptors (Lipinski definition) is 2. The lowest BCUT2D eigenvalue weighted by Crippen LogP contribution is -1.98. The maximum atomic E-state index is 4.28. The molecule has 96 valence electrons. The Balaban J connectivity index is 2.44. The molecule has 0 aliphatic heterocycles. The van der Waals surface area contributed by atoms with Crippen LogP contribution in [0.2, 0.25) is 0 Å². The van der Waals surface area contributed by atoms with E-state index in [1.165, 1.54) is 0 Å². The van der Waals surface area contributed by atoms with Gasteiger partial charge in [0.2, 0.25) is 0 Å². The molecule has 19 heavy (non-hydrogen) atoms. The van der Waals surface area contributed by atoms with Crippen molar-refractivity contribution in [1.82, 2.24) is 14.8 Å². The van der Waals surface area contributed by atoms with Gasteiger partial charge >= 0.3 is 0 Å².